The highest BCUT2D eigenvalue weighted by Crippen LogP contribution is 2.69. The topological polar surface area (TPSA) is 334 Å². The van der Waals surface area contributed by atoms with Crippen LogP contribution in [0.25, 0.3) is 0 Å². The highest BCUT2D eigenvalue weighted by molar-refractivity contribution is 7.15. The standard InChI is InChI=1S/C45H52N10O12S/c1-21(2)33(35(56)66-39(48)60)51-17-15-42(37(46)58)23-9-11-25(28(19-23)54(62)63)44(42,51)31-13-14-32(53(31)41-50-27-7-5-6-8-30(27)68-41)45-26-12-10-24(20-29(26)55(64)65)43(45,38(47)59)16-18-52(45)34(22(3)4)36(57)67-40(49)61/h9-12,19-22,31-34H,5-8,13-18H2,1-4H3,(H2,46,58)(H2,47,59)(H2,48,60)(H2,49,61)/t31-,32?,33?,34?,42?,43?,44-,45-/m1/s1. The SMILES string of the molecule is CC(C)C(C(=O)OC(N)=O)N1CCC2(C(N)=O)c3ccc(c([N+](=O)[O-])c3)[C@]12C1CC[C@H]([C@]23c4ccc(cc4[N+](=O)[O-])C2(C(N)=O)CCN3C(C(=O)OC(N)=O)C(C)C)N1c1nc2c(s1)CCCC2. The molecule has 4 heterocycles. The Labute approximate surface area is 392 Å². The molecule has 8 aliphatic rings. The molecule has 5 unspecified atom stereocenters. The summed E-state index contributed by atoms with van der Waals surface area (Å²) in [6, 6.07) is 3.80. The number of fused-ring (bicyclic) bond motifs is 5. The predicted molar refractivity (Wildman–Crippen MR) is 241 cm³/mol. The second-order valence-electron chi connectivity index (χ2n) is 19.4. The Kier molecular flexibility index (Phi) is 11.0. The van der Waals surface area contributed by atoms with Gasteiger partial charge in [-0.3, -0.25) is 39.6 Å². The second kappa shape index (κ2) is 16.0. The maximum absolute atomic E-state index is 14.8. The number of aryl methyl sites for hydroxylation is 2. The lowest BCUT2D eigenvalue weighted by Gasteiger charge is -2.61. The Morgan fingerprint density at radius 3 is 1.50 bits per heavy atom. The molecule has 0 saturated carbocycles. The van der Waals surface area contributed by atoms with Crippen molar-refractivity contribution >= 4 is 63.8 Å². The fourth-order valence-corrected chi connectivity index (χ4v) is 15.2. The number of amides is 4. The number of hydrogen-bond donors (Lipinski definition) is 4. The molecule has 3 aliphatic heterocycles. The lowest BCUT2D eigenvalue weighted by Crippen LogP contribution is -2.75. The predicted octanol–water partition coefficient (Wildman–Crippen LogP) is 3.14. The van der Waals surface area contributed by atoms with E-state index in [1.807, 2.05) is 4.90 Å². The zero-order valence-corrected chi connectivity index (χ0v) is 38.6. The van der Waals surface area contributed by atoms with Crippen LogP contribution in [0.15, 0.2) is 36.4 Å². The molecule has 11 rings (SSSR count). The number of carbonyl (C=O) groups is 6. The number of esters is 2. The molecular formula is C45H52N10O12S. The van der Waals surface area contributed by atoms with Gasteiger partial charge in [0.05, 0.1) is 49.8 Å². The van der Waals surface area contributed by atoms with E-state index in [-0.39, 0.29) is 72.4 Å². The molecule has 0 radical (unpaired) electrons. The third-order valence-corrected chi connectivity index (χ3v) is 17.1. The van der Waals surface area contributed by atoms with E-state index >= 15 is 0 Å². The summed E-state index contributed by atoms with van der Waals surface area (Å²) < 4.78 is 10.2. The van der Waals surface area contributed by atoms with E-state index in [1.54, 1.807) is 49.6 Å². The van der Waals surface area contributed by atoms with Crippen LogP contribution in [0.5, 0.6) is 0 Å². The molecule has 3 aromatic rings. The van der Waals surface area contributed by atoms with Gasteiger partial charge in [0.25, 0.3) is 11.4 Å². The van der Waals surface area contributed by atoms with Gasteiger partial charge in [0.15, 0.2) is 5.13 Å². The van der Waals surface area contributed by atoms with E-state index in [0.29, 0.717) is 18.0 Å². The number of hydrogen-bond acceptors (Lipinski definition) is 17. The minimum atomic E-state index is -1.96. The van der Waals surface area contributed by atoms with Crippen molar-refractivity contribution in [2.24, 2.45) is 34.8 Å². The molecule has 22 nitrogen and oxygen atoms in total. The van der Waals surface area contributed by atoms with E-state index in [1.165, 1.54) is 35.6 Å². The molecule has 3 fully saturated rings. The summed E-state index contributed by atoms with van der Waals surface area (Å²) in [7, 11) is 0. The molecular weight excluding hydrogens is 905 g/mol. The number of thiazole rings is 1. The van der Waals surface area contributed by atoms with E-state index in [2.05, 4.69) is 0 Å². The van der Waals surface area contributed by atoms with Crippen molar-refractivity contribution in [3.05, 3.63) is 89.5 Å². The van der Waals surface area contributed by atoms with Crippen molar-refractivity contribution in [1.29, 1.82) is 0 Å². The number of likely N-dealkylation sites (tertiary alicyclic amines) is 2. The van der Waals surface area contributed by atoms with Crippen molar-refractivity contribution in [2.45, 2.75) is 125 Å². The van der Waals surface area contributed by atoms with E-state index < -0.39 is 104 Å². The van der Waals surface area contributed by atoms with Gasteiger partial charge in [-0.15, -0.1) is 11.3 Å². The van der Waals surface area contributed by atoms with Crippen molar-refractivity contribution in [3.63, 3.8) is 0 Å². The first kappa shape index (κ1) is 46.5. The van der Waals surface area contributed by atoms with Gasteiger partial charge in [0, 0.05) is 30.1 Å². The van der Waals surface area contributed by atoms with Gasteiger partial charge in [0.1, 0.15) is 22.9 Å². The highest BCUT2D eigenvalue weighted by Gasteiger charge is 2.79. The molecule has 4 amide bonds. The molecule has 0 spiro atoms. The average molecular weight is 957 g/mol. The Hall–Kier alpha value is -6.59. The van der Waals surface area contributed by atoms with Crippen LogP contribution in [-0.2, 0) is 63.4 Å². The van der Waals surface area contributed by atoms with Gasteiger partial charge in [-0.25, -0.2) is 24.2 Å². The van der Waals surface area contributed by atoms with Crippen LogP contribution < -0.4 is 27.8 Å². The van der Waals surface area contributed by atoms with Crippen molar-refractivity contribution < 1.29 is 48.1 Å². The minimum Gasteiger partial charge on any atom is -0.375 e. The van der Waals surface area contributed by atoms with Crippen molar-refractivity contribution in [1.82, 2.24) is 14.8 Å². The van der Waals surface area contributed by atoms with Gasteiger partial charge < -0.3 is 37.3 Å². The van der Waals surface area contributed by atoms with Crippen LogP contribution in [0, 0.1) is 32.1 Å². The molecule has 68 heavy (non-hydrogen) atoms. The van der Waals surface area contributed by atoms with Crippen LogP contribution in [0.2, 0.25) is 0 Å². The maximum atomic E-state index is 14.8. The summed E-state index contributed by atoms with van der Waals surface area (Å²) in [5.41, 5.74) is 17.1. The van der Waals surface area contributed by atoms with Gasteiger partial charge in [-0.05, 0) is 86.5 Å². The molecule has 1 aromatic heterocycles. The van der Waals surface area contributed by atoms with Crippen LogP contribution in [-0.4, -0.2) is 97.8 Å². The van der Waals surface area contributed by atoms with E-state index in [0.717, 1.165) is 23.4 Å². The molecule has 4 bridgehead atoms. The molecule has 8 atom stereocenters. The van der Waals surface area contributed by atoms with E-state index in [9.17, 15) is 49.0 Å². The third kappa shape index (κ3) is 5.90. The summed E-state index contributed by atoms with van der Waals surface area (Å²) in [4.78, 5) is 120. The second-order valence-corrected chi connectivity index (χ2v) is 20.4. The number of rotatable bonds is 13. The number of nitro benzene ring substituents is 2. The third-order valence-electron chi connectivity index (χ3n) is 15.9. The van der Waals surface area contributed by atoms with Gasteiger partial charge >= 0.3 is 24.1 Å². The smallest absolute Gasteiger partial charge is 0.375 e. The fourth-order valence-electron chi connectivity index (χ4n) is 14.0. The van der Waals surface area contributed by atoms with E-state index in [4.69, 9.17) is 37.4 Å². The number of primary amides is 4. The Balaban J connectivity index is 1.42. The van der Waals surface area contributed by atoms with Gasteiger partial charge in [-0.1, -0.05) is 39.8 Å². The number of ether oxygens (including phenoxy) is 2. The first-order valence-corrected chi connectivity index (χ1v) is 23.5. The number of nitrogens with two attached hydrogens (primary N) is 4. The molecule has 23 heteroatoms. The Bertz CT molecular complexity index is 2570. The Morgan fingerprint density at radius 1 is 0.706 bits per heavy atom. The zero-order chi connectivity index (χ0) is 49.2. The maximum Gasteiger partial charge on any atom is 0.412 e. The van der Waals surface area contributed by atoms with Gasteiger partial charge in [-0.2, -0.15) is 0 Å². The summed E-state index contributed by atoms with van der Waals surface area (Å²) in [5.74, 6) is -5.27. The van der Waals surface area contributed by atoms with Crippen LogP contribution >= 0.6 is 11.3 Å². The first-order valence-electron chi connectivity index (χ1n) is 22.7. The number of anilines is 1. The monoisotopic (exact) mass is 956 g/mol. The van der Waals surface area contributed by atoms with Crippen LogP contribution in [0.3, 0.4) is 0 Å². The first-order chi connectivity index (χ1) is 32.1. The molecule has 8 N–H and O–H groups in total. The normalized spacial score (nSPS) is 28.8. The van der Waals surface area contributed by atoms with Gasteiger partial charge in [0.2, 0.25) is 11.8 Å². The lowest BCUT2D eigenvalue weighted by atomic mass is 9.54. The quantitative estimate of drug-likeness (QED) is 0.0827. The van der Waals surface area contributed by atoms with Crippen LogP contribution in [0.1, 0.15) is 99.0 Å². The molecule has 360 valence electrons. The van der Waals surface area contributed by atoms with Crippen molar-refractivity contribution in [2.75, 3.05) is 18.0 Å². The molecule has 5 aliphatic carbocycles. The number of aromatic nitrogens is 1. The minimum absolute atomic E-state index is 0.0120. The van der Waals surface area contributed by atoms with Crippen LogP contribution in [0.4, 0.5) is 26.1 Å². The highest BCUT2D eigenvalue weighted by atomic mass is 32.1. The number of carbonyl (C=O) groups excluding carboxylic acids is 6. The average Bonchev–Trinajstić information content (AvgIpc) is 4.06. The number of nitro groups is 2. The lowest BCUT2D eigenvalue weighted by molar-refractivity contribution is -0.387. The number of benzene rings is 2. The summed E-state index contributed by atoms with van der Waals surface area (Å²) >= 11 is 1.33. The zero-order valence-electron chi connectivity index (χ0n) is 37.8. The number of nitrogens with zero attached hydrogens (tertiary/aromatic N) is 6. The Morgan fingerprint density at radius 2 is 1.13 bits per heavy atom. The molecule has 3 saturated heterocycles. The molecule has 2 aromatic carbocycles. The largest absolute Gasteiger partial charge is 0.412 e. The summed E-state index contributed by atoms with van der Waals surface area (Å²) in [6.07, 6.45) is 0.0234. The van der Waals surface area contributed by atoms with Crippen molar-refractivity contribution in [3.8, 4) is 0 Å². The summed E-state index contributed by atoms with van der Waals surface area (Å²) in [6.45, 7) is 6.58. The fraction of sp³-hybridized carbons (Fsp3) is 0.533. The summed E-state index contributed by atoms with van der Waals surface area (Å²) in [5, 5.41) is 27.1.